The smallest absolute Gasteiger partial charge is 0.191 e. The fraction of sp³-hybridized carbons (Fsp3) is 0.462. The summed E-state index contributed by atoms with van der Waals surface area (Å²) in [4.78, 5) is 4.35. The van der Waals surface area contributed by atoms with Crippen molar-refractivity contribution in [3.05, 3.63) is 28.8 Å². The third-order valence-electron chi connectivity index (χ3n) is 2.91. The quantitative estimate of drug-likeness (QED) is 0.724. The Balaban J connectivity index is 2.01. The number of hydrogen-bond donors (Lipinski definition) is 3. The number of nitrogens with one attached hydrogen (secondary N) is 2. The summed E-state index contributed by atoms with van der Waals surface area (Å²) in [5.74, 6) is 1.27. The zero-order valence-electron chi connectivity index (χ0n) is 10.4. The number of benzene rings is 1. The van der Waals surface area contributed by atoms with E-state index < -0.39 is 0 Å². The maximum atomic E-state index is 9.69. The molecule has 1 aromatic carbocycles. The second-order valence-corrected chi connectivity index (χ2v) is 4.44. The Morgan fingerprint density at radius 1 is 1.35 bits per heavy atom. The summed E-state index contributed by atoms with van der Waals surface area (Å²) in [6.07, 6.45) is 1.10. The molecule has 92 valence electrons. The van der Waals surface area contributed by atoms with Gasteiger partial charge in [-0.1, -0.05) is 12.1 Å². The van der Waals surface area contributed by atoms with Crippen LogP contribution in [0.3, 0.4) is 0 Å². The highest BCUT2D eigenvalue weighted by atomic mass is 16.3. The molecule has 2 rings (SSSR count). The van der Waals surface area contributed by atoms with Gasteiger partial charge in [0.05, 0.1) is 0 Å². The Morgan fingerprint density at radius 2 is 2.06 bits per heavy atom. The summed E-state index contributed by atoms with van der Waals surface area (Å²) >= 11 is 0. The van der Waals surface area contributed by atoms with Gasteiger partial charge in [-0.3, -0.25) is 4.99 Å². The molecule has 0 spiro atoms. The third-order valence-corrected chi connectivity index (χ3v) is 2.91. The molecular weight excluding hydrogens is 214 g/mol. The van der Waals surface area contributed by atoms with Gasteiger partial charge in [-0.25, -0.2) is 0 Å². The largest absolute Gasteiger partial charge is 0.507 e. The summed E-state index contributed by atoms with van der Waals surface area (Å²) in [5.41, 5.74) is 2.99. The van der Waals surface area contributed by atoms with Gasteiger partial charge in [-0.2, -0.15) is 0 Å². The third kappa shape index (κ3) is 2.90. The van der Waals surface area contributed by atoms with Crippen molar-refractivity contribution in [3.63, 3.8) is 0 Å². The van der Waals surface area contributed by atoms with Gasteiger partial charge in [0.1, 0.15) is 5.75 Å². The van der Waals surface area contributed by atoms with E-state index in [1.165, 1.54) is 0 Å². The van der Waals surface area contributed by atoms with Crippen LogP contribution in [0.15, 0.2) is 17.1 Å². The number of aromatic hydroxyl groups is 1. The molecule has 0 radical (unpaired) electrons. The van der Waals surface area contributed by atoms with Crippen LogP contribution in [-0.4, -0.2) is 24.2 Å². The van der Waals surface area contributed by atoms with Crippen molar-refractivity contribution in [2.45, 2.75) is 26.8 Å². The topological polar surface area (TPSA) is 56.7 Å². The van der Waals surface area contributed by atoms with E-state index >= 15 is 0 Å². The second kappa shape index (κ2) is 5.08. The predicted octanol–water partition coefficient (Wildman–Crippen LogP) is 1.45. The van der Waals surface area contributed by atoms with Gasteiger partial charge in [-0.15, -0.1) is 0 Å². The molecule has 0 unspecified atom stereocenters. The van der Waals surface area contributed by atoms with Crippen LogP contribution in [0.4, 0.5) is 0 Å². The van der Waals surface area contributed by atoms with Crippen molar-refractivity contribution < 1.29 is 5.11 Å². The van der Waals surface area contributed by atoms with E-state index in [-0.39, 0.29) is 0 Å². The molecule has 1 heterocycles. The Morgan fingerprint density at radius 3 is 2.65 bits per heavy atom. The monoisotopic (exact) mass is 233 g/mol. The Bertz CT molecular complexity index is 417. The van der Waals surface area contributed by atoms with Gasteiger partial charge < -0.3 is 15.7 Å². The zero-order chi connectivity index (χ0) is 12.3. The van der Waals surface area contributed by atoms with Gasteiger partial charge >= 0.3 is 0 Å². The van der Waals surface area contributed by atoms with Crippen LogP contribution in [0, 0.1) is 13.8 Å². The average Bonchev–Trinajstić information content (AvgIpc) is 2.34. The second-order valence-electron chi connectivity index (χ2n) is 4.44. The van der Waals surface area contributed by atoms with Gasteiger partial charge in [-0.05, 0) is 37.0 Å². The first-order valence-electron chi connectivity index (χ1n) is 5.98. The van der Waals surface area contributed by atoms with Crippen LogP contribution in [-0.2, 0) is 6.54 Å². The molecule has 0 saturated carbocycles. The predicted molar refractivity (Wildman–Crippen MR) is 69.3 cm³/mol. The first-order valence-corrected chi connectivity index (χ1v) is 5.98. The number of rotatable bonds is 2. The minimum Gasteiger partial charge on any atom is -0.507 e. The van der Waals surface area contributed by atoms with E-state index in [0.717, 1.165) is 48.7 Å². The van der Waals surface area contributed by atoms with E-state index in [2.05, 4.69) is 15.6 Å². The lowest BCUT2D eigenvalue weighted by Crippen LogP contribution is -2.40. The molecule has 1 aromatic rings. The van der Waals surface area contributed by atoms with Gasteiger partial charge in [0, 0.05) is 19.6 Å². The van der Waals surface area contributed by atoms with Crippen molar-refractivity contribution in [1.82, 2.24) is 10.6 Å². The molecule has 0 aromatic heterocycles. The molecule has 4 heteroatoms. The minimum atomic E-state index is 0.391. The van der Waals surface area contributed by atoms with E-state index in [0.29, 0.717) is 5.75 Å². The molecule has 17 heavy (non-hydrogen) atoms. The lowest BCUT2D eigenvalue weighted by atomic mass is 10.1. The van der Waals surface area contributed by atoms with Gasteiger partial charge in [0.25, 0.3) is 0 Å². The summed E-state index contributed by atoms with van der Waals surface area (Å²) < 4.78 is 0. The van der Waals surface area contributed by atoms with E-state index in [9.17, 15) is 5.11 Å². The summed E-state index contributed by atoms with van der Waals surface area (Å²) in [5, 5.41) is 16.2. The van der Waals surface area contributed by atoms with Crippen molar-refractivity contribution >= 4 is 5.96 Å². The molecule has 4 nitrogen and oxygen atoms in total. The lowest BCUT2D eigenvalue weighted by molar-refractivity contribution is 0.466. The van der Waals surface area contributed by atoms with Crippen LogP contribution in [0.25, 0.3) is 0 Å². The van der Waals surface area contributed by atoms with Crippen LogP contribution < -0.4 is 10.6 Å². The number of phenols is 1. The highest BCUT2D eigenvalue weighted by Gasteiger charge is 2.06. The molecule has 0 amide bonds. The maximum absolute atomic E-state index is 9.69. The first-order chi connectivity index (χ1) is 8.16. The van der Waals surface area contributed by atoms with Crippen LogP contribution in [0.5, 0.6) is 5.75 Å². The highest BCUT2D eigenvalue weighted by Crippen LogP contribution is 2.22. The number of hydrogen-bond acceptors (Lipinski definition) is 4. The molecule has 0 fully saturated rings. The number of aliphatic imine (C=N–C) groups is 1. The van der Waals surface area contributed by atoms with E-state index in [1.807, 2.05) is 26.0 Å². The Labute approximate surface area is 102 Å². The van der Waals surface area contributed by atoms with Crippen molar-refractivity contribution in [2.24, 2.45) is 4.99 Å². The zero-order valence-corrected chi connectivity index (χ0v) is 10.4. The van der Waals surface area contributed by atoms with Gasteiger partial charge in [0.15, 0.2) is 5.96 Å². The van der Waals surface area contributed by atoms with E-state index in [4.69, 9.17) is 0 Å². The molecule has 1 aliphatic rings. The standard InChI is InChI=1S/C13H19N3O/c1-9-6-11(7-10(2)12(9)17)8-16-13-14-4-3-5-15-13/h6-7,17H,3-5,8H2,1-2H3,(H2,14,15,16). The van der Waals surface area contributed by atoms with Crippen LogP contribution >= 0.6 is 0 Å². The molecule has 1 aliphatic heterocycles. The van der Waals surface area contributed by atoms with Crippen LogP contribution in [0.1, 0.15) is 23.1 Å². The number of nitrogens with zero attached hydrogens (tertiary/aromatic N) is 1. The minimum absolute atomic E-state index is 0.391. The van der Waals surface area contributed by atoms with Crippen molar-refractivity contribution in [2.75, 3.05) is 13.1 Å². The lowest BCUT2D eigenvalue weighted by Gasteiger charge is -2.16. The number of phenolic OH excluding ortho intramolecular Hbond substituents is 1. The Hall–Kier alpha value is -1.71. The SMILES string of the molecule is Cc1cc(CNC2=NCCCN2)cc(C)c1O. The summed E-state index contributed by atoms with van der Waals surface area (Å²) in [6, 6.07) is 4.00. The summed E-state index contributed by atoms with van der Waals surface area (Å²) in [7, 11) is 0. The Kier molecular flexibility index (Phi) is 3.52. The fourth-order valence-corrected chi connectivity index (χ4v) is 1.98. The molecule has 0 aliphatic carbocycles. The highest BCUT2D eigenvalue weighted by molar-refractivity contribution is 5.80. The normalized spacial score (nSPS) is 15.1. The van der Waals surface area contributed by atoms with Crippen molar-refractivity contribution in [1.29, 1.82) is 0 Å². The molecule has 0 atom stereocenters. The van der Waals surface area contributed by atoms with Crippen LogP contribution in [0.2, 0.25) is 0 Å². The average molecular weight is 233 g/mol. The van der Waals surface area contributed by atoms with E-state index in [1.54, 1.807) is 0 Å². The molecule has 0 bridgehead atoms. The summed E-state index contributed by atoms with van der Waals surface area (Å²) in [6.45, 7) is 6.45. The molecule has 3 N–H and O–H groups in total. The molecule has 0 saturated heterocycles. The molecular formula is C13H19N3O. The fourth-order valence-electron chi connectivity index (χ4n) is 1.98. The van der Waals surface area contributed by atoms with Crippen molar-refractivity contribution in [3.8, 4) is 5.75 Å². The number of aryl methyl sites for hydroxylation is 2. The first kappa shape index (κ1) is 11.8. The number of guanidine groups is 1. The van der Waals surface area contributed by atoms with Gasteiger partial charge in [0.2, 0.25) is 0 Å². The maximum Gasteiger partial charge on any atom is 0.191 e.